The Morgan fingerprint density at radius 3 is 2.31 bits per heavy atom. The van der Waals surface area contributed by atoms with Crippen molar-refractivity contribution in [3.63, 3.8) is 0 Å². The number of morpholine rings is 1. The van der Waals surface area contributed by atoms with E-state index in [1.165, 1.54) is 31.0 Å². The highest BCUT2D eigenvalue weighted by Crippen LogP contribution is 2.49. The molecular weight excluding hydrogens is 334 g/mol. The quantitative estimate of drug-likeness (QED) is 0.812. The van der Waals surface area contributed by atoms with Gasteiger partial charge in [-0.25, -0.2) is 8.78 Å². The second-order valence-electron chi connectivity index (χ2n) is 8.79. The van der Waals surface area contributed by atoms with E-state index in [0.29, 0.717) is 18.0 Å². The van der Waals surface area contributed by atoms with E-state index in [1.54, 1.807) is 0 Å². The van der Waals surface area contributed by atoms with Gasteiger partial charge in [0.05, 0.1) is 11.2 Å². The fraction of sp³-hybridized carbons (Fsp3) is 0.714. The summed E-state index contributed by atoms with van der Waals surface area (Å²) in [5.74, 6) is -0.670. The van der Waals surface area contributed by atoms with Crippen LogP contribution < -0.4 is 0 Å². The summed E-state index contributed by atoms with van der Waals surface area (Å²) >= 11 is 0. The van der Waals surface area contributed by atoms with E-state index in [-0.39, 0.29) is 22.8 Å². The van der Waals surface area contributed by atoms with E-state index in [9.17, 15) is 8.78 Å². The Balaban J connectivity index is 1.34. The molecule has 2 spiro atoms. The predicted molar refractivity (Wildman–Crippen MR) is 98.2 cm³/mol. The fourth-order valence-corrected chi connectivity index (χ4v) is 4.54. The van der Waals surface area contributed by atoms with Gasteiger partial charge in [-0.2, -0.15) is 0 Å². The number of hydrogen-bond donors (Lipinski definition) is 0. The highest BCUT2D eigenvalue weighted by Gasteiger charge is 2.56. The van der Waals surface area contributed by atoms with Gasteiger partial charge in [0.2, 0.25) is 0 Å². The molecule has 0 bridgehead atoms. The van der Waals surface area contributed by atoms with Crippen LogP contribution in [0.25, 0.3) is 0 Å². The number of rotatable bonds is 4. The van der Waals surface area contributed by atoms with Crippen molar-refractivity contribution in [3.8, 4) is 0 Å². The number of hydrogen-bond acceptors (Lipinski definition) is 3. The number of likely N-dealkylation sites (tertiary alicyclic amines) is 1. The minimum Gasteiger partial charge on any atom is -0.366 e. The van der Waals surface area contributed by atoms with E-state index in [2.05, 4.69) is 23.6 Å². The molecule has 144 valence electrons. The van der Waals surface area contributed by atoms with Crippen LogP contribution in [0.2, 0.25) is 0 Å². The molecule has 3 fully saturated rings. The summed E-state index contributed by atoms with van der Waals surface area (Å²) in [7, 11) is 0. The maximum Gasteiger partial charge on any atom is 0.126 e. The van der Waals surface area contributed by atoms with Crippen LogP contribution in [0.1, 0.15) is 45.1 Å². The molecule has 0 unspecified atom stereocenters. The lowest BCUT2D eigenvalue weighted by atomic mass is 9.87. The smallest absolute Gasteiger partial charge is 0.126 e. The van der Waals surface area contributed by atoms with E-state index < -0.39 is 0 Å². The number of benzene rings is 1. The van der Waals surface area contributed by atoms with Crippen LogP contribution in [0.4, 0.5) is 8.78 Å². The van der Waals surface area contributed by atoms with Gasteiger partial charge in [-0.3, -0.25) is 4.90 Å². The molecule has 4 rings (SSSR count). The van der Waals surface area contributed by atoms with Crippen LogP contribution in [0, 0.1) is 11.6 Å². The molecule has 1 aromatic carbocycles. The standard InChI is InChI=1S/C21H30F2N2O/c1-16(2)25-14-20(6-7-20)26-21(15-25)8-11-24(12-9-21)10-5-17-13-18(22)3-4-19(17)23/h3-4,13,16H,5-12,14-15H2,1-2H3. The first-order valence-corrected chi connectivity index (χ1v) is 9.99. The molecule has 3 nitrogen and oxygen atoms in total. The summed E-state index contributed by atoms with van der Waals surface area (Å²) < 4.78 is 33.8. The molecule has 2 aliphatic heterocycles. The monoisotopic (exact) mass is 364 g/mol. The Bertz CT molecular complexity index is 651. The summed E-state index contributed by atoms with van der Waals surface area (Å²) in [5, 5.41) is 0. The van der Waals surface area contributed by atoms with Crippen molar-refractivity contribution in [2.24, 2.45) is 0 Å². The number of nitrogens with zero attached hydrogens (tertiary/aromatic N) is 2. The van der Waals surface area contributed by atoms with Gasteiger partial charge in [0.1, 0.15) is 11.6 Å². The number of ether oxygens (including phenoxy) is 1. The van der Waals surface area contributed by atoms with Crippen LogP contribution in [0.5, 0.6) is 0 Å². The van der Waals surface area contributed by atoms with E-state index >= 15 is 0 Å². The Morgan fingerprint density at radius 1 is 1.04 bits per heavy atom. The van der Waals surface area contributed by atoms with Gasteiger partial charge in [0, 0.05) is 38.8 Å². The summed E-state index contributed by atoms with van der Waals surface area (Å²) in [6.07, 6.45) is 5.01. The molecular formula is C21H30F2N2O. The van der Waals surface area contributed by atoms with Gasteiger partial charge in [0.25, 0.3) is 0 Å². The van der Waals surface area contributed by atoms with Crippen molar-refractivity contribution in [3.05, 3.63) is 35.4 Å². The molecule has 0 N–H and O–H groups in total. The minimum atomic E-state index is -0.363. The zero-order chi connectivity index (χ0) is 18.4. The lowest BCUT2D eigenvalue weighted by Crippen LogP contribution is -2.61. The van der Waals surface area contributed by atoms with Crippen LogP contribution in [0.3, 0.4) is 0 Å². The molecule has 0 aromatic heterocycles. The van der Waals surface area contributed by atoms with Crippen LogP contribution in [-0.2, 0) is 11.2 Å². The second-order valence-corrected chi connectivity index (χ2v) is 8.79. The zero-order valence-corrected chi connectivity index (χ0v) is 15.9. The number of piperidine rings is 1. The topological polar surface area (TPSA) is 15.7 Å². The van der Waals surface area contributed by atoms with E-state index in [1.807, 2.05) is 0 Å². The first-order chi connectivity index (χ1) is 12.4. The lowest BCUT2D eigenvalue weighted by Gasteiger charge is -2.51. The zero-order valence-electron chi connectivity index (χ0n) is 15.9. The third-order valence-electron chi connectivity index (χ3n) is 6.43. The normalized spacial score (nSPS) is 25.3. The highest BCUT2D eigenvalue weighted by atomic mass is 19.1. The molecule has 2 heterocycles. The Hall–Kier alpha value is -1.04. The summed E-state index contributed by atoms with van der Waals surface area (Å²) in [6, 6.07) is 4.28. The Labute approximate surface area is 155 Å². The van der Waals surface area contributed by atoms with Gasteiger partial charge >= 0.3 is 0 Å². The molecule has 0 atom stereocenters. The van der Waals surface area contributed by atoms with Crippen LogP contribution in [-0.4, -0.2) is 59.8 Å². The van der Waals surface area contributed by atoms with Crippen LogP contribution in [0.15, 0.2) is 18.2 Å². The molecule has 0 amide bonds. The third-order valence-corrected chi connectivity index (χ3v) is 6.43. The highest BCUT2D eigenvalue weighted by molar-refractivity contribution is 5.19. The van der Waals surface area contributed by atoms with Crippen molar-refractivity contribution < 1.29 is 13.5 Å². The number of halogens is 2. The van der Waals surface area contributed by atoms with Gasteiger partial charge in [-0.15, -0.1) is 0 Å². The first kappa shape index (κ1) is 18.3. The average molecular weight is 364 g/mol. The van der Waals surface area contributed by atoms with E-state index in [4.69, 9.17) is 4.74 Å². The predicted octanol–water partition coefficient (Wildman–Crippen LogP) is 3.62. The molecule has 2 saturated heterocycles. The Morgan fingerprint density at radius 2 is 1.69 bits per heavy atom. The summed E-state index contributed by atoms with van der Waals surface area (Å²) in [6.45, 7) is 9.37. The summed E-state index contributed by atoms with van der Waals surface area (Å²) in [4.78, 5) is 4.96. The second kappa shape index (κ2) is 6.84. The largest absolute Gasteiger partial charge is 0.366 e. The fourth-order valence-electron chi connectivity index (χ4n) is 4.54. The molecule has 5 heteroatoms. The minimum absolute atomic E-state index is 0.0143. The molecule has 0 radical (unpaired) electrons. The van der Waals surface area contributed by atoms with Crippen molar-refractivity contribution in [1.29, 1.82) is 0 Å². The van der Waals surface area contributed by atoms with Crippen LogP contribution >= 0.6 is 0 Å². The van der Waals surface area contributed by atoms with Gasteiger partial charge < -0.3 is 9.64 Å². The molecule has 3 aliphatic rings. The average Bonchev–Trinajstić information content (AvgIpc) is 3.34. The maximum absolute atomic E-state index is 13.8. The van der Waals surface area contributed by atoms with Gasteiger partial charge in [0.15, 0.2) is 0 Å². The molecule has 1 saturated carbocycles. The lowest BCUT2D eigenvalue weighted by molar-refractivity contribution is -0.192. The SMILES string of the molecule is CC(C)N1CC2(CCN(CCc3cc(F)ccc3F)CC2)OC2(CC2)C1. The third kappa shape index (κ3) is 3.80. The van der Waals surface area contributed by atoms with Gasteiger partial charge in [-0.05, 0) is 69.7 Å². The summed E-state index contributed by atoms with van der Waals surface area (Å²) in [5.41, 5.74) is 0.580. The molecule has 1 aliphatic carbocycles. The van der Waals surface area contributed by atoms with Crippen molar-refractivity contribution in [1.82, 2.24) is 9.80 Å². The van der Waals surface area contributed by atoms with Crippen molar-refractivity contribution in [2.75, 3.05) is 32.7 Å². The maximum atomic E-state index is 13.8. The van der Waals surface area contributed by atoms with E-state index in [0.717, 1.165) is 45.6 Å². The van der Waals surface area contributed by atoms with Gasteiger partial charge in [-0.1, -0.05) is 0 Å². The van der Waals surface area contributed by atoms with Crippen molar-refractivity contribution >= 4 is 0 Å². The molecule has 1 aromatic rings. The molecule has 26 heavy (non-hydrogen) atoms. The first-order valence-electron chi connectivity index (χ1n) is 9.99. The van der Waals surface area contributed by atoms with Crippen molar-refractivity contribution in [2.45, 2.75) is 63.2 Å². The Kier molecular flexibility index (Phi) is 4.82.